The summed E-state index contributed by atoms with van der Waals surface area (Å²) in [6.45, 7) is 1.53. The molecule has 0 unspecified atom stereocenters. The number of morpholine rings is 1. The third kappa shape index (κ3) is 10.5. The van der Waals surface area contributed by atoms with Crippen LogP contribution in [0.3, 0.4) is 0 Å². The summed E-state index contributed by atoms with van der Waals surface area (Å²) in [5, 5.41) is 0. The number of pyridine rings is 1. The zero-order valence-corrected chi connectivity index (χ0v) is 20.0. The first-order chi connectivity index (χ1) is 16.9. The van der Waals surface area contributed by atoms with Crippen LogP contribution in [0.1, 0.15) is 20.7 Å². The van der Waals surface area contributed by atoms with E-state index in [1.54, 1.807) is 17.0 Å². The van der Waals surface area contributed by atoms with Gasteiger partial charge in [0.05, 0.1) is 40.6 Å². The lowest BCUT2D eigenvalue weighted by atomic mass is 10.2. The Morgan fingerprint density at radius 1 is 1.06 bits per heavy atom. The quantitative estimate of drug-likeness (QED) is 0.198. The van der Waals surface area contributed by atoms with E-state index >= 15 is 0 Å². The van der Waals surface area contributed by atoms with Gasteiger partial charge in [0.1, 0.15) is 5.56 Å². The van der Waals surface area contributed by atoms with Gasteiger partial charge in [-0.1, -0.05) is 0 Å². The lowest BCUT2D eigenvalue weighted by Gasteiger charge is -2.26. The zero-order chi connectivity index (χ0) is 26.7. The number of benzene rings is 1. The van der Waals surface area contributed by atoms with Crippen molar-refractivity contribution in [2.24, 2.45) is 16.5 Å². The number of nitrogens with one attached hydrogen (secondary N) is 1. The lowest BCUT2D eigenvalue weighted by molar-refractivity contribution is -0.390. The lowest BCUT2D eigenvalue weighted by Crippen LogP contribution is -2.42. The average Bonchev–Trinajstić information content (AvgIpc) is 2.82. The zero-order valence-electron chi connectivity index (χ0n) is 19.2. The monoisotopic (exact) mass is 523 g/mol. The van der Waals surface area contributed by atoms with Crippen molar-refractivity contribution in [1.82, 2.24) is 4.90 Å². The van der Waals surface area contributed by atoms with E-state index in [2.05, 4.69) is 9.98 Å². The molecule has 0 saturated carbocycles. The topological polar surface area (TPSA) is 218 Å². The summed E-state index contributed by atoms with van der Waals surface area (Å²) < 4.78 is 42.7. The Hall–Kier alpha value is -4.08. The molecular weight excluding hydrogens is 498 g/mol. The number of aromatic nitrogens is 1. The second kappa shape index (κ2) is 13.1. The number of hydrogen-bond donors (Lipinski definition) is 2. The Labute approximate surface area is 206 Å². The van der Waals surface area contributed by atoms with Gasteiger partial charge in [0.2, 0.25) is 0 Å². The molecule has 0 aliphatic carbocycles. The number of amides is 1. The van der Waals surface area contributed by atoms with Crippen LogP contribution in [0.5, 0.6) is 5.88 Å². The maximum absolute atomic E-state index is 12.2. The molecule has 1 aromatic carbocycles. The molecule has 1 aliphatic rings. The van der Waals surface area contributed by atoms with Gasteiger partial charge in [-0.15, -0.1) is 0 Å². The van der Waals surface area contributed by atoms with Crippen molar-refractivity contribution in [3.05, 3.63) is 53.7 Å². The van der Waals surface area contributed by atoms with Gasteiger partial charge in [0, 0.05) is 19.3 Å². The van der Waals surface area contributed by atoms with E-state index in [0.717, 1.165) is 0 Å². The average molecular weight is 524 g/mol. The van der Waals surface area contributed by atoms with Crippen molar-refractivity contribution >= 4 is 39.6 Å². The molecule has 0 spiro atoms. The maximum atomic E-state index is 12.2. The van der Waals surface area contributed by atoms with Crippen molar-refractivity contribution in [2.75, 3.05) is 39.2 Å². The van der Waals surface area contributed by atoms with E-state index < -0.39 is 22.1 Å². The molecule has 0 atom stereocenters. The van der Waals surface area contributed by atoms with Crippen LogP contribution in [0.15, 0.2) is 47.6 Å². The van der Waals surface area contributed by atoms with Gasteiger partial charge in [0.15, 0.2) is 18.8 Å². The van der Waals surface area contributed by atoms with Crippen molar-refractivity contribution in [2.45, 2.75) is 0 Å². The van der Waals surface area contributed by atoms with E-state index in [1.165, 1.54) is 30.5 Å². The summed E-state index contributed by atoms with van der Waals surface area (Å²) in [6.07, 6.45) is 1.93. The Kier molecular flexibility index (Phi) is 10.3. The van der Waals surface area contributed by atoms with Crippen molar-refractivity contribution in [1.29, 1.82) is 0 Å². The summed E-state index contributed by atoms with van der Waals surface area (Å²) in [4.78, 5) is 44.5. The van der Waals surface area contributed by atoms with Crippen LogP contribution >= 0.6 is 0 Å². The molecular formula is C21H25N5O9S. The Morgan fingerprint density at radius 3 is 2.17 bits per heavy atom. The third-order valence-electron chi connectivity index (χ3n) is 4.27. The number of carbonyl (C=O) groups is 3. The maximum Gasteiger partial charge on any atom is 0.374 e. The summed E-state index contributed by atoms with van der Waals surface area (Å²) in [5.74, 6) is -1.53. The Bertz CT molecular complexity index is 1180. The molecule has 14 nitrogen and oxygen atoms in total. The number of H-pyrrole nitrogens is 1. The van der Waals surface area contributed by atoms with Crippen LogP contribution in [0.4, 0.5) is 5.69 Å². The minimum atomic E-state index is -3.92. The van der Waals surface area contributed by atoms with Crippen molar-refractivity contribution in [3.63, 3.8) is 0 Å². The van der Waals surface area contributed by atoms with E-state index in [4.69, 9.17) is 38.6 Å². The number of aromatic amines is 1. The normalized spacial score (nSPS) is 13.0. The molecule has 1 fully saturated rings. The first-order valence-electron chi connectivity index (χ1n) is 10.3. The van der Waals surface area contributed by atoms with Gasteiger partial charge >= 0.3 is 17.8 Å². The molecule has 3 rings (SSSR count). The molecule has 36 heavy (non-hydrogen) atoms. The van der Waals surface area contributed by atoms with Crippen molar-refractivity contribution in [3.8, 4) is 5.88 Å². The Morgan fingerprint density at radius 2 is 1.64 bits per heavy atom. The first-order valence-corrected chi connectivity index (χ1v) is 12.1. The van der Waals surface area contributed by atoms with Crippen LogP contribution in [-0.4, -0.2) is 80.8 Å². The summed E-state index contributed by atoms with van der Waals surface area (Å²) in [7, 11) is -3.92. The fourth-order valence-electron chi connectivity index (χ4n) is 2.70. The number of aliphatic imine (C=N–C) groups is 1. The fraction of sp³-hybridized carbons (Fsp3) is 0.286. The summed E-state index contributed by atoms with van der Waals surface area (Å²) in [6, 6.07) is 8.99. The van der Waals surface area contributed by atoms with Crippen LogP contribution in [-0.2, 0) is 24.4 Å². The number of esters is 2. The number of nitrogens with zero attached hydrogens (tertiary/aromatic N) is 2. The molecule has 2 heterocycles. The number of carbonyl (C=O) groups excluding carboxylic acids is 3. The molecule has 0 radical (unpaired) electrons. The second-order valence-corrected chi connectivity index (χ2v) is 8.60. The standard InChI is InChI=1S/C20H21N5O6.CH4O3S/c21-20(22)24-15-4-1-13(2-5-15)19(28)31-16-6-3-14(11-23-16)18(27)30-12-17(26)25-7-9-29-10-8-25;1-5(2,3)4/h1-6,11H,7-10,12H2,(H4,21,22,24);1H3,(H,2,3,4). The van der Waals surface area contributed by atoms with Gasteiger partial charge < -0.3 is 35.1 Å². The molecule has 1 amide bonds. The molecule has 0 bridgehead atoms. The predicted molar refractivity (Wildman–Crippen MR) is 123 cm³/mol. The molecule has 15 heteroatoms. The molecule has 1 aliphatic heterocycles. The highest BCUT2D eigenvalue weighted by molar-refractivity contribution is 7.84. The van der Waals surface area contributed by atoms with Gasteiger partial charge in [-0.2, -0.15) is 4.98 Å². The molecule has 194 valence electrons. The third-order valence-corrected chi connectivity index (χ3v) is 4.27. The second-order valence-electron chi connectivity index (χ2n) is 7.19. The number of guanidine groups is 1. The fourth-order valence-corrected chi connectivity index (χ4v) is 2.70. The molecule has 5 N–H and O–H groups in total. The number of hydrogen-bond acceptors (Lipinski definition) is 10. The highest BCUT2D eigenvalue weighted by Gasteiger charge is 2.20. The largest absolute Gasteiger partial charge is 0.748 e. The van der Waals surface area contributed by atoms with Gasteiger partial charge in [-0.3, -0.25) is 4.79 Å². The minimum absolute atomic E-state index is 0.0889. The van der Waals surface area contributed by atoms with Crippen LogP contribution in [0, 0.1) is 0 Å². The summed E-state index contributed by atoms with van der Waals surface area (Å²) >= 11 is 0. The highest BCUT2D eigenvalue weighted by atomic mass is 32.2. The van der Waals surface area contributed by atoms with Crippen molar-refractivity contribution < 1.29 is 46.5 Å². The van der Waals surface area contributed by atoms with E-state index in [9.17, 15) is 14.4 Å². The van der Waals surface area contributed by atoms with Crippen LogP contribution in [0.25, 0.3) is 0 Å². The van der Waals surface area contributed by atoms with Gasteiger partial charge in [-0.25, -0.2) is 23.0 Å². The van der Waals surface area contributed by atoms with E-state index in [-0.39, 0.29) is 35.5 Å². The van der Waals surface area contributed by atoms with E-state index in [0.29, 0.717) is 38.2 Å². The van der Waals surface area contributed by atoms with Crippen LogP contribution in [0.2, 0.25) is 0 Å². The molecule has 2 aromatic rings. The van der Waals surface area contributed by atoms with Crippen LogP contribution < -0.4 is 21.2 Å². The molecule has 1 aromatic heterocycles. The molecule has 1 saturated heterocycles. The smallest absolute Gasteiger partial charge is 0.374 e. The SMILES string of the molecule is CS(=O)(=O)[O-].NC(N)=Nc1ccc(C(=O)Oc2ccc(C(=O)OCC(=O)N3CCOCC3)c[nH+]2)cc1. The Balaban J connectivity index is 0.000000830. The van der Waals surface area contributed by atoms with Gasteiger partial charge in [-0.05, 0) is 30.3 Å². The summed E-state index contributed by atoms with van der Waals surface area (Å²) in [5.41, 5.74) is 11.6. The number of ether oxygens (including phenoxy) is 3. The minimum Gasteiger partial charge on any atom is -0.748 e. The van der Waals surface area contributed by atoms with E-state index in [1.807, 2.05) is 0 Å². The highest BCUT2D eigenvalue weighted by Crippen LogP contribution is 2.14. The van der Waals surface area contributed by atoms with Gasteiger partial charge in [0.25, 0.3) is 5.91 Å². The number of nitrogens with two attached hydrogens (primary N) is 2. The predicted octanol–water partition coefficient (Wildman–Crippen LogP) is -1.20. The first kappa shape index (κ1) is 28.2. The number of rotatable bonds is 6.